The predicted molar refractivity (Wildman–Crippen MR) is 86.7 cm³/mol. The third kappa shape index (κ3) is 4.94. The minimum absolute atomic E-state index is 0.0382. The zero-order chi connectivity index (χ0) is 15.0. The molecule has 0 radical (unpaired) electrons. The molecule has 0 aromatic carbocycles. The van der Waals surface area contributed by atoms with Gasteiger partial charge in [0.1, 0.15) is 0 Å². The molecule has 0 bridgehead atoms. The maximum Gasteiger partial charge on any atom is 0.254 e. The third-order valence-corrected chi connectivity index (χ3v) is 4.31. The number of aromatic amines is 1. The molecular formula is C15H27N3OS. The first kappa shape index (κ1) is 17.2. The number of nitrogens with one attached hydrogen (secondary N) is 1. The molecule has 0 amide bonds. The summed E-state index contributed by atoms with van der Waals surface area (Å²) in [7, 11) is 0. The summed E-state index contributed by atoms with van der Waals surface area (Å²) in [5.74, 6) is 0.960. The molecule has 1 N–H and O–H groups in total. The maximum atomic E-state index is 12.1. The van der Waals surface area contributed by atoms with E-state index in [2.05, 4.69) is 35.6 Å². The van der Waals surface area contributed by atoms with Gasteiger partial charge >= 0.3 is 0 Å². The number of aromatic nitrogens is 2. The molecule has 1 heterocycles. The zero-order valence-electron chi connectivity index (χ0n) is 13.2. The normalized spacial score (nSPS) is 11.2. The maximum absolute atomic E-state index is 12.1. The van der Waals surface area contributed by atoms with Crippen molar-refractivity contribution in [2.24, 2.45) is 0 Å². The molecule has 1 aromatic rings. The first-order valence-corrected chi connectivity index (χ1v) is 8.61. The van der Waals surface area contributed by atoms with Crippen molar-refractivity contribution in [3.63, 3.8) is 0 Å². The quantitative estimate of drug-likeness (QED) is 0.562. The van der Waals surface area contributed by atoms with Crippen LogP contribution in [0.15, 0.2) is 9.95 Å². The summed E-state index contributed by atoms with van der Waals surface area (Å²) in [6.07, 6.45) is 2.66. The lowest BCUT2D eigenvalue weighted by atomic mass is 10.1. The van der Waals surface area contributed by atoms with Crippen molar-refractivity contribution in [2.45, 2.75) is 52.1 Å². The number of H-pyrrole nitrogens is 1. The molecule has 1 rings (SSSR count). The average molecular weight is 297 g/mol. The van der Waals surface area contributed by atoms with Crippen LogP contribution in [0.1, 0.15) is 45.4 Å². The van der Waals surface area contributed by atoms with E-state index >= 15 is 0 Å². The van der Waals surface area contributed by atoms with Crippen molar-refractivity contribution in [3.05, 3.63) is 21.6 Å². The number of aryl methyl sites for hydroxylation is 1. The van der Waals surface area contributed by atoms with Crippen molar-refractivity contribution in [1.82, 2.24) is 14.9 Å². The Morgan fingerprint density at radius 3 is 2.45 bits per heavy atom. The fraction of sp³-hybridized carbons (Fsp3) is 0.733. The van der Waals surface area contributed by atoms with Crippen molar-refractivity contribution < 1.29 is 0 Å². The summed E-state index contributed by atoms with van der Waals surface area (Å²) in [5.41, 5.74) is 1.86. The van der Waals surface area contributed by atoms with Gasteiger partial charge in [-0.05, 0) is 25.9 Å². The van der Waals surface area contributed by atoms with Crippen LogP contribution in [-0.2, 0) is 12.8 Å². The SMILES string of the molecule is CCCc1nc(SCCN(CC)CC)[nH]c(=O)c1CC. The number of hydrogen-bond acceptors (Lipinski definition) is 4. The summed E-state index contributed by atoms with van der Waals surface area (Å²) >= 11 is 1.64. The van der Waals surface area contributed by atoms with Gasteiger partial charge in [0, 0.05) is 17.9 Å². The third-order valence-electron chi connectivity index (χ3n) is 3.46. The number of nitrogens with zero attached hydrogens (tertiary/aromatic N) is 2. The summed E-state index contributed by atoms with van der Waals surface area (Å²) in [4.78, 5) is 22.0. The molecule has 4 nitrogen and oxygen atoms in total. The molecule has 114 valence electrons. The van der Waals surface area contributed by atoms with Crippen LogP contribution in [0, 0.1) is 0 Å². The summed E-state index contributed by atoms with van der Waals surface area (Å²) < 4.78 is 0. The lowest BCUT2D eigenvalue weighted by Gasteiger charge is -2.17. The molecule has 0 saturated heterocycles. The van der Waals surface area contributed by atoms with Crippen LogP contribution in [0.4, 0.5) is 0 Å². The molecule has 0 spiro atoms. The highest BCUT2D eigenvalue weighted by atomic mass is 32.2. The molecule has 0 unspecified atom stereocenters. The van der Waals surface area contributed by atoms with E-state index in [4.69, 9.17) is 0 Å². The van der Waals surface area contributed by atoms with Gasteiger partial charge in [-0.15, -0.1) is 0 Å². The van der Waals surface area contributed by atoms with Crippen molar-refractivity contribution in [2.75, 3.05) is 25.4 Å². The number of thioether (sulfide) groups is 1. The van der Waals surface area contributed by atoms with Gasteiger partial charge in [0.2, 0.25) is 0 Å². The van der Waals surface area contributed by atoms with Crippen LogP contribution < -0.4 is 5.56 Å². The van der Waals surface area contributed by atoms with Gasteiger partial charge in [0.05, 0.1) is 5.69 Å². The van der Waals surface area contributed by atoms with Crippen LogP contribution in [0.25, 0.3) is 0 Å². The average Bonchev–Trinajstić information content (AvgIpc) is 2.44. The predicted octanol–water partition coefficient (Wildman–Crippen LogP) is 2.72. The Bertz CT molecular complexity index is 455. The summed E-state index contributed by atoms with van der Waals surface area (Å²) in [5, 5.41) is 0.766. The van der Waals surface area contributed by atoms with E-state index in [9.17, 15) is 4.79 Å². The summed E-state index contributed by atoms with van der Waals surface area (Å²) in [6.45, 7) is 11.6. The Morgan fingerprint density at radius 1 is 1.20 bits per heavy atom. The molecule has 20 heavy (non-hydrogen) atoms. The smallest absolute Gasteiger partial charge is 0.254 e. The first-order valence-electron chi connectivity index (χ1n) is 7.63. The monoisotopic (exact) mass is 297 g/mol. The van der Waals surface area contributed by atoms with Crippen LogP contribution in [-0.4, -0.2) is 40.3 Å². The second kappa shape index (κ2) is 9.19. The molecule has 0 aliphatic rings. The second-order valence-electron chi connectivity index (χ2n) is 4.78. The molecule has 0 aliphatic carbocycles. The van der Waals surface area contributed by atoms with E-state index in [1.807, 2.05) is 6.92 Å². The Balaban J connectivity index is 2.73. The van der Waals surface area contributed by atoms with Gasteiger partial charge in [-0.2, -0.15) is 0 Å². The highest BCUT2D eigenvalue weighted by molar-refractivity contribution is 7.99. The van der Waals surface area contributed by atoms with Crippen LogP contribution in [0.2, 0.25) is 0 Å². The Labute approximate surface area is 126 Å². The van der Waals surface area contributed by atoms with E-state index in [-0.39, 0.29) is 5.56 Å². The number of hydrogen-bond donors (Lipinski definition) is 1. The molecular weight excluding hydrogens is 270 g/mol. The fourth-order valence-corrected chi connectivity index (χ4v) is 3.09. The van der Waals surface area contributed by atoms with Crippen LogP contribution in [0.5, 0.6) is 0 Å². The van der Waals surface area contributed by atoms with Crippen LogP contribution in [0.3, 0.4) is 0 Å². The highest BCUT2D eigenvalue weighted by Crippen LogP contribution is 2.14. The molecule has 0 aliphatic heterocycles. The van der Waals surface area contributed by atoms with E-state index in [0.717, 1.165) is 61.1 Å². The zero-order valence-corrected chi connectivity index (χ0v) is 14.0. The minimum Gasteiger partial charge on any atom is -0.303 e. The van der Waals surface area contributed by atoms with Gasteiger partial charge in [-0.1, -0.05) is 45.9 Å². The minimum atomic E-state index is 0.0382. The van der Waals surface area contributed by atoms with Gasteiger partial charge in [-0.3, -0.25) is 4.79 Å². The summed E-state index contributed by atoms with van der Waals surface area (Å²) in [6, 6.07) is 0. The van der Waals surface area contributed by atoms with Gasteiger partial charge in [-0.25, -0.2) is 4.98 Å². The van der Waals surface area contributed by atoms with E-state index in [1.165, 1.54) is 0 Å². The molecule has 5 heteroatoms. The lowest BCUT2D eigenvalue weighted by Crippen LogP contribution is -2.25. The highest BCUT2D eigenvalue weighted by Gasteiger charge is 2.10. The molecule has 1 aromatic heterocycles. The Morgan fingerprint density at radius 2 is 1.90 bits per heavy atom. The van der Waals surface area contributed by atoms with Crippen molar-refractivity contribution in [3.8, 4) is 0 Å². The largest absolute Gasteiger partial charge is 0.303 e. The lowest BCUT2D eigenvalue weighted by molar-refractivity contribution is 0.324. The van der Waals surface area contributed by atoms with E-state index in [1.54, 1.807) is 11.8 Å². The number of rotatable bonds is 9. The van der Waals surface area contributed by atoms with E-state index < -0.39 is 0 Å². The van der Waals surface area contributed by atoms with Crippen LogP contribution >= 0.6 is 11.8 Å². The van der Waals surface area contributed by atoms with E-state index in [0.29, 0.717) is 0 Å². The standard InChI is InChI=1S/C15H27N3OS/c1-5-9-13-12(6-2)14(19)17-15(16-13)20-11-10-18(7-3)8-4/h5-11H2,1-4H3,(H,16,17,19). The van der Waals surface area contributed by atoms with Crippen molar-refractivity contribution in [1.29, 1.82) is 0 Å². The Hall–Kier alpha value is -0.810. The van der Waals surface area contributed by atoms with Gasteiger partial charge in [0.25, 0.3) is 5.56 Å². The fourth-order valence-electron chi connectivity index (χ4n) is 2.21. The Kier molecular flexibility index (Phi) is 7.92. The van der Waals surface area contributed by atoms with Crippen molar-refractivity contribution >= 4 is 11.8 Å². The molecule has 0 saturated carbocycles. The molecule has 0 fully saturated rings. The molecule has 0 atom stereocenters. The topological polar surface area (TPSA) is 49.0 Å². The van der Waals surface area contributed by atoms with Gasteiger partial charge < -0.3 is 9.88 Å². The van der Waals surface area contributed by atoms with Gasteiger partial charge in [0.15, 0.2) is 5.16 Å². The first-order chi connectivity index (χ1) is 9.65. The second-order valence-corrected chi connectivity index (χ2v) is 5.86.